The number of hydrogen-bond donors (Lipinski definition) is 2. The molecule has 2 N–H and O–H groups in total. The number of carbonyl (C=O) groups excluding carboxylic acids is 1. The first-order valence-electron chi connectivity index (χ1n) is 9.12. The molecule has 0 aliphatic carbocycles. The van der Waals surface area contributed by atoms with Crippen LogP contribution in [0.3, 0.4) is 0 Å². The zero-order valence-electron chi connectivity index (χ0n) is 16.1. The topological polar surface area (TPSA) is 86.8 Å². The van der Waals surface area contributed by atoms with Gasteiger partial charge in [0.1, 0.15) is 11.8 Å². The summed E-state index contributed by atoms with van der Waals surface area (Å²) in [6.07, 6.45) is 4.98. The van der Waals surface area contributed by atoms with Gasteiger partial charge in [0.25, 0.3) is 5.91 Å². The van der Waals surface area contributed by atoms with Gasteiger partial charge in [-0.15, -0.1) is 0 Å². The Morgan fingerprint density at radius 2 is 1.83 bits per heavy atom. The van der Waals surface area contributed by atoms with Gasteiger partial charge in [-0.05, 0) is 35.9 Å². The Morgan fingerprint density at radius 1 is 1.07 bits per heavy atom. The Kier molecular flexibility index (Phi) is 5.03. The van der Waals surface area contributed by atoms with Crippen LogP contribution in [0.25, 0.3) is 22.9 Å². The Morgan fingerprint density at radius 3 is 2.52 bits per heavy atom. The highest BCUT2D eigenvalue weighted by molar-refractivity contribution is 6.01. The standard InChI is InChI=1S/C22H20N6O/c1-28(2)17-10-8-15(9-11-17)12-18(26-22(29)16-6-4-3-5-7-16)21-25-19-13-23-14-24-20(19)27-21/h3-14H,1-2H3,(H,26,29)(H,23,24,25,27). The Labute approximate surface area is 168 Å². The van der Waals surface area contributed by atoms with Gasteiger partial charge in [0.2, 0.25) is 0 Å². The number of hydrogen-bond acceptors (Lipinski definition) is 5. The number of fused-ring (bicyclic) bond motifs is 1. The molecule has 0 bridgehead atoms. The maximum absolute atomic E-state index is 12.7. The van der Waals surface area contributed by atoms with Crippen LogP contribution in [0.5, 0.6) is 0 Å². The van der Waals surface area contributed by atoms with Crippen molar-refractivity contribution in [1.82, 2.24) is 25.3 Å². The van der Waals surface area contributed by atoms with E-state index < -0.39 is 0 Å². The number of aromatic nitrogens is 4. The van der Waals surface area contributed by atoms with Gasteiger partial charge in [-0.25, -0.2) is 15.0 Å². The molecule has 0 spiro atoms. The van der Waals surface area contributed by atoms with E-state index in [2.05, 4.69) is 25.3 Å². The van der Waals surface area contributed by atoms with Gasteiger partial charge >= 0.3 is 0 Å². The number of rotatable bonds is 5. The molecule has 4 aromatic rings. The molecule has 7 heteroatoms. The Bertz CT molecular complexity index is 1130. The molecular formula is C22H20N6O. The van der Waals surface area contributed by atoms with E-state index in [0.29, 0.717) is 28.2 Å². The van der Waals surface area contributed by atoms with Crippen molar-refractivity contribution < 1.29 is 4.79 Å². The van der Waals surface area contributed by atoms with Crippen molar-refractivity contribution in [2.24, 2.45) is 0 Å². The number of carbonyl (C=O) groups is 1. The van der Waals surface area contributed by atoms with E-state index in [1.165, 1.54) is 6.33 Å². The van der Waals surface area contributed by atoms with Crippen molar-refractivity contribution in [2.45, 2.75) is 0 Å². The Balaban J connectivity index is 1.72. The smallest absolute Gasteiger partial charge is 0.255 e. The number of imidazole rings is 1. The average molecular weight is 384 g/mol. The molecular weight excluding hydrogens is 364 g/mol. The van der Waals surface area contributed by atoms with Gasteiger partial charge in [-0.2, -0.15) is 0 Å². The molecule has 0 fully saturated rings. The highest BCUT2D eigenvalue weighted by Crippen LogP contribution is 2.19. The number of aromatic amines is 1. The number of benzene rings is 2. The van der Waals surface area contributed by atoms with E-state index >= 15 is 0 Å². The predicted molar refractivity (Wildman–Crippen MR) is 114 cm³/mol. The van der Waals surface area contributed by atoms with Gasteiger partial charge in [-0.1, -0.05) is 30.3 Å². The highest BCUT2D eigenvalue weighted by atomic mass is 16.1. The molecule has 29 heavy (non-hydrogen) atoms. The first kappa shape index (κ1) is 18.4. The third-order valence-corrected chi connectivity index (χ3v) is 4.42. The summed E-state index contributed by atoms with van der Waals surface area (Å²) >= 11 is 0. The van der Waals surface area contributed by atoms with Crippen LogP contribution in [-0.2, 0) is 0 Å². The summed E-state index contributed by atoms with van der Waals surface area (Å²) in [7, 11) is 3.98. The molecule has 2 heterocycles. The summed E-state index contributed by atoms with van der Waals surface area (Å²) in [5.74, 6) is 0.301. The highest BCUT2D eigenvalue weighted by Gasteiger charge is 2.14. The predicted octanol–water partition coefficient (Wildman–Crippen LogP) is 3.35. The van der Waals surface area contributed by atoms with E-state index in [0.717, 1.165) is 11.3 Å². The summed E-state index contributed by atoms with van der Waals surface area (Å²) in [4.78, 5) is 30.6. The van der Waals surface area contributed by atoms with E-state index in [9.17, 15) is 4.79 Å². The van der Waals surface area contributed by atoms with E-state index in [1.807, 2.05) is 67.5 Å². The molecule has 144 valence electrons. The van der Waals surface area contributed by atoms with E-state index in [-0.39, 0.29) is 5.91 Å². The fourth-order valence-electron chi connectivity index (χ4n) is 2.87. The van der Waals surface area contributed by atoms with Crippen LogP contribution >= 0.6 is 0 Å². The van der Waals surface area contributed by atoms with Crippen LogP contribution in [0.2, 0.25) is 0 Å². The lowest BCUT2D eigenvalue weighted by Crippen LogP contribution is -2.22. The van der Waals surface area contributed by atoms with E-state index in [1.54, 1.807) is 18.3 Å². The molecule has 0 radical (unpaired) electrons. The van der Waals surface area contributed by atoms with Crippen LogP contribution in [0.4, 0.5) is 5.69 Å². The minimum Gasteiger partial charge on any atom is -0.378 e. The first-order chi connectivity index (χ1) is 14.1. The van der Waals surface area contributed by atoms with Gasteiger partial charge in [0.05, 0.1) is 11.9 Å². The van der Waals surface area contributed by atoms with Crippen LogP contribution < -0.4 is 10.2 Å². The zero-order valence-corrected chi connectivity index (χ0v) is 16.1. The minimum absolute atomic E-state index is 0.215. The molecule has 4 rings (SSSR count). The lowest BCUT2D eigenvalue weighted by Gasteiger charge is -2.12. The molecule has 0 saturated heterocycles. The van der Waals surface area contributed by atoms with Gasteiger partial charge < -0.3 is 15.2 Å². The van der Waals surface area contributed by atoms with E-state index in [4.69, 9.17) is 0 Å². The molecule has 0 aliphatic heterocycles. The minimum atomic E-state index is -0.215. The molecule has 1 amide bonds. The number of anilines is 1. The van der Waals surface area contributed by atoms with Gasteiger partial charge in [0, 0.05) is 25.3 Å². The van der Waals surface area contributed by atoms with Crippen LogP contribution in [0, 0.1) is 0 Å². The van der Waals surface area contributed by atoms with Crippen LogP contribution in [0.1, 0.15) is 21.7 Å². The second-order valence-electron chi connectivity index (χ2n) is 6.71. The molecule has 2 aromatic carbocycles. The fraction of sp³-hybridized carbons (Fsp3) is 0.0909. The van der Waals surface area contributed by atoms with Crippen molar-refractivity contribution in [1.29, 1.82) is 0 Å². The van der Waals surface area contributed by atoms with Crippen LogP contribution in [0.15, 0.2) is 67.1 Å². The van der Waals surface area contributed by atoms with Crippen molar-refractivity contribution in [3.05, 3.63) is 84.1 Å². The number of nitrogens with one attached hydrogen (secondary N) is 2. The summed E-state index contributed by atoms with van der Waals surface area (Å²) in [5, 5.41) is 2.97. The largest absolute Gasteiger partial charge is 0.378 e. The van der Waals surface area contributed by atoms with Crippen molar-refractivity contribution in [3.63, 3.8) is 0 Å². The second-order valence-corrected chi connectivity index (χ2v) is 6.71. The molecule has 0 aliphatic rings. The zero-order chi connectivity index (χ0) is 20.2. The van der Waals surface area contributed by atoms with Crippen LogP contribution in [-0.4, -0.2) is 39.9 Å². The maximum Gasteiger partial charge on any atom is 0.255 e. The first-order valence-corrected chi connectivity index (χ1v) is 9.12. The molecule has 2 aromatic heterocycles. The van der Waals surface area contributed by atoms with Gasteiger partial charge in [-0.3, -0.25) is 4.79 Å². The second kappa shape index (κ2) is 7.93. The molecule has 0 unspecified atom stereocenters. The van der Waals surface area contributed by atoms with Crippen molar-refractivity contribution >= 4 is 34.5 Å². The number of amides is 1. The lowest BCUT2D eigenvalue weighted by molar-refractivity contribution is 0.0973. The lowest BCUT2D eigenvalue weighted by atomic mass is 10.1. The third-order valence-electron chi connectivity index (χ3n) is 4.42. The third kappa shape index (κ3) is 4.14. The Hall–Kier alpha value is -4.00. The summed E-state index contributed by atoms with van der Waals surface area (Å²) < 4.78 is 0. The normalized spacial score (nSPS) is 11.4. The molecule has 0 atom stereocenters. The summed E-state index contributed by atoms with van der Waals surface area (Å²) in [6.45, 7) is 0. The number of nitrogens with zero attached hydrogens (tertiary/aromatic N) is 4. The average Bonchev–Trinajstić information content (AvgIpc) is 3.18. The summed E-state index contributed by atoms with van der Waals surface area (Å²) in [5.41, 5.74) is 4.39. The molecule has 0 saturated carbocycles. The fourth-order valence-corrected chi connectivity index (χ4v) is 2.87. The quantitative estimate of drug-likeness (QED) is 0.551. The molecule has 7 nitrogen and oxygen atoms in total. The van der Waals surface area contributed by atoms with Crippen molar-refractivity contribution in [2.75, 3.05) is 19.0 Å². The maximum atomic E-state index is 12.7. The van der Waals surface area contributed by atoms with Crippen molar-refractivity contribution in [3.8, 4) is 0 Å². The summed E-state index contributed by atoms with van der Waals surface area (Å²) in [6, 6.07) is 17.1. The van der Waals surface area contributed by atoms with Gasteiger partial charge in [0.15, 0.2) is 11.5 Å². The monoisotopic (exact) mass is 384 g/mol. The number of H-pyrrole nitrogens is 1. The SMILES string of the molecule is CN(C)c1ccc(C=C(NC(=O)c2ccccc2)c2nc3ncncc3[nH]2)cc1.